The van der Waals surface area contributed by atoms with E-state index in [9.17, 15) is 0 Å². The summed E-state index contributed by atoms with van der Waals surface area (Å²) in [4.78, 5) is 0. The molecule has 0 fully saturated rings. The molecular weight excluding hydrogens is 174 g/mol. The van der Waals surface area contributed by atoms with Crippen LogP contribution in [0.3, 0.4) is 0 Å². The van der Waals surface area contributed by atoms with Crippen LogP contribution in [0.5, 0.6) is 5.75 Å². The van der Waals surface area contributed by atoms with Crippen LogP contribution < -0.4 is 10.5 Å². The zero-order valence-corrected chi connectivity index (χ0v) is 8.16. The Bertz CT molecular complexity index is 405. The number of hydrogen-bond acceptors (Lipinski definition) is 2. The number of hydrogen-bond donors (Lipinski definition) is 1. The average molecular weight is 187 g/mol. The summed E-state index contributed by atoms with van der Waals surface area (Å²) < 4.78 is 5.18. The molecule has 0 aliphatic heterocycles. The molecule has 2 heteroatoms. The third kappa shape index (κ3) is 1.39. The molecule has 14 heavy (non-hydrogen) atoms. The zero-order valence-electron chi connectivity index (χ0n) is 8.16. The molecule has 1 aromatic carbocycles. The van der Waals surface area contributed by atoms with Crippen LogP contribution >= 0.6 is 0 Å². The minimum atomic E-state index is 0.874. The molecule has 0 saturated carbocycles. The highest BCUT2D eigenvalue weighted by Gasteiger charge is 2.09. The van der Waals surface area contributed by atoms with Crippen LogP contribution in [0, 0.1) is 0 Å². The van der Waals surface area contributed by atoms with Gasteiger partial charge in [0.05, 0.1) is 7.11 Å². The van der Waals surface area contributed by atoms with Gasteiger partial charge in [0.25, 0.3) is 0 Å². The maximum Gasteiger partial charge on any atom is 0.119 e. The molecule has 1 aliphatic carbocycles. The molecule has 0 saturated heterocycles. The Morgan fingerprint density at radius 1 is 1.43 bits per heavy atom. The van der Waals surface area contributed by atoms with Crippen LogP contribution in [0.15, 0.2) is 36.6 Å². The zero-order chi connectivity index (χ0) is 9.97. The number of methoxy groups -OCH3 is 1. The molecule has 0 heterocycles. The summed E-state index contributed by atoms with van der Waals surface area (Å²) in [6.45, 7) is 0. The van der Waals surface area contributed by atoms with Crippen molar-refractivity contribution in [2.75, 3.05) is 7.11 Å². The van der Waals surface area contributed by atoms with Crippen LogP contribution in [0.4, 0.5) is 0 Å². The molecular formula is C12H13NO. The predicted octanol–water partition coefficient (Wildman–Crippen LogP) is 2.11. The van der Waals surface area contributed by atoms with E-state index in [0.29, 0.717) is 0 Å². The Balaban J connectivity index is 2.53. The Morgan fingerprint density at radius 2 is 2.29 bits per heavy atom. The van der Waals surface area contributed by atoms with Crippen molar-refractivity contribution < 1.29 is 4.74 Å². The first-order valence-electron chi connectivity index (χ1n) is 4.61. The van der Waals surface area contributed by atoms with Crippen LogP contribution in [-0.2, 0) is 6.42 Å². The Morgan fingerprint density at radius 3 is 3.00 bits per heavy atom. The van der Waals surface area contributed by atoms with E-state index in [1.54, 1.807) is 13.3 Å². The molecule has 0 aromatic heterocycles. The second-order valence-electron chi connectivity index (χ2n) is 3.25. The summed E-state index contributed by atoms with van der Waals surface area (Å²) in [5.41, 5.74) is 9.09. The first-order chi connectivity index (χ1) is 6.85. The molecule has 0 radical (unpaired) electrons. The van der Waals surface area contributed by atoms with E-state index in [4.69, 9.17) is 10.5 Å². The molecule has 0 bridgehead atoms. The number of benzene rings is 1. The summed E-state index contributed by atoms with van der Waals surface area (Å²) in [6.07, 6.45) is 6.76. The minimum Gasteiger partial charge on any atom is -0.497 e. The van der Waals surface area contributed by atoms with Gasteiger partial charge < -0.3 is 10.5 Å². The van der Waals surface area contributed by atoms with Crippen LogP contribution in [0.25, 0.3) is 5.57 Å². The lowest BCUT2D eigenvalue weighted by Crippen LogP contribution is -1.99. The van der Waals surface area contributed by atoms with E-state index in [1.165, 1.54) is 11.1 Å². The first kappa shape index (κ1) is 8.88. The molecule has 2 rings (SSSR count). The van der Waals surface area contributed by atoms with Gasteiger partial charge in [0.1, 0.15) is 5.75 Å². The van der Waals surface area contributed by atoms with E-state index in [1.807, 2.05) is 18.2 Å². The second-order valence-corrected chi connectivity index (χ2v) is 3.25. The molecule has 0 unspecified atom stereocenters. The van der Waals surface area contributed by atoms with Gasteiger partial charge in [-0.2, -0.15) is 0 Å². The molecule has 72 valence electrons. The lowest BCUT2D eigenvalue weighted by atomic mass is 9.93. The maximum atomic E-state index is 5.56. The minimum absolute atomic E-state index is 0.874. The topological polar surface area (TPSA) is 35.2 Å². The number of nitrogens with two attached hydrogens (primary N) is 1. The standard InChI is InChI=1S/C12H13NO/c1-14-11-6-5-9-3-2-4-10(8-13)12(9)7-11/h2,4-8H,3,13H2,1H3. The van der Waals surface area contributed by atoms with Gasteiger partial charge in [-0.25, -0.2) is 0 Å². The monoisotopic (exact) mass is 187 g/mol. The third-order valence-corrected chi connectivity index (χ3v) is 2.44. The maximum absolute atomic E-state index is 5.56. The first-order valence-corrected chi connectivity index (χ1v) is 4.61. The lowest BCUT2D eigenvalue weighted by Gasteiger charge is -2.14. The van der Waals surface area contributed by atoms with E-state index in [0.717, 1.165) is 17.7 Å². The fraction of sp³-hybridized carbons (Fsp3) is 0.167. The molecule has 1 aliphatic rings. The lowest BCUT2D eigenvalue weighted by molar-refractivity contribution is 0.414. The van der Waals surface area contributed by atoms with E-state index in [2.05, 4.69) is 12.1 Å². The molecule has 2 N–H and O–H groups in total. The van der Waals surface area contributed by atoms with Crippen molar-refractivity contribution in [2.45, 2.75) is 6.42 Å². The normalized spacial score (nSPS) is 16.8. The summed E-state index contributed by atoms with van der Waals surface area (Å²) >= 11 is 0. The summed E-state index contributed by atoms with van der Waals surface area (Å²) in [7, 11) is 1.67. The van der Waals surface area contributed by atoms with Crippen molar-refractivity contribution in [3.8, 4) is 5.75 Å². The number of allylic oxidation sites excluding steroid dienone is 3. The number of ether oxygens (including phenoxy) is 1. The van der Waals surface area contributed by atoms with Crippen LogP contribution in [0.1, 0.15) is 11.1 Å². The van der Waals surface area contributed by atoms with E-state index >= 15 is 0 Å². The van der Waals surface area contributed by atoms with Gasteiger partial charge in [-0.05, 0) is 35.3 Å². The highest BCUT2D eigenvalue weighted by molar-refractivity contribution is 5.78. The van der Waals surface area contributed by atoms with Gasteiger partial charge in [-0.3, -0.25) is 0 Å². The number of fused-ring (bicyclic) bond motifs is 1. The second kappa shape index (κ2) is 3.58. The van der Waals surface area contributed by atoms with Crippen LogP contribution in [-0.4, -0.2) is 7.11 Å². The van der Waals surface area contributed by atoms with Gasteiger partial charge in [-0.1, -0.05) is 18.2 Å². The van der Waals surface area contributed by atoms with Gasteiger partial charge in [0.2, 0.25) is 0 Å². The van der Waals surface area contributed by atoms with E-state index < -0.39 is 0 Å². The molecule has 0 amide bonds. The largest absolute Gasteiger partial charge is 0.497 e. The summed E-state index contributed by atoms with van der Waals surface area (Å²) in [5.74, 6) is 0.874. The summed E-state index contributed by atoms with van der Waals surface area (Å²) in [6, 6.07) is 6.09. The van der Waals surface area contributed by atoms with Crippen molar-refractivity contribution in [1.29, 1.82) is 0 Å². The summed E-state index contributed by atoms with van der Waals surface area (Å²) in [5, 5.41) is 0. The fourth-order valence-corrected chi connectivity index (χ4v) is 1.68. The third-order valence-electron chi connectivity index (χ3n) is 2.44. The Kier molecular flexibility index (Phi) is 2.27. The number of rotatable bonds is 1. The predicted molar refractivity (Wildman–Crippen MR) is 58.0 cm³/mol. The molecule has 0 spiro atoms. The van der Waals surface area contributed by atoms with Crippen molar-refractivity contribution in [3.63, 3.8) is 0 Å². The average Bonchev–Trinajstić information content (AvgIpc) is 2.27. The van der Waals surface area contributed by atoms with Gasteiger partial charge in [-0.15, -0.1) is 0 Å². The molecule has 1 aromatic rings. The van der Waals surface area contributed by atoms with Crippen molar-refractivity contribution in [1.82, 2.24) is 0 Å². The highest BCUT2D eigenvalue weighted by atomic mass is 16.5. The van der Waals surface area contributed by atoms with Gasteiger partial charge in [0.15, 0.2) is 0 Å². The van der Waals surface area contributed by atoms with Gasteiger partial charge in [0, 0.05) is 6.20 Å². The van der Waals surface area contributed by atoms with Crippen molar-refractivity contribution in [3.05, 3.63) is 47.7 Å². The van der Waals surface area contributed by atoms with E-state index in [-0.39, 0.29) is 0 Å². The quantitative estimate of drug-likeness (QED) is 0.730. The molecule has 2 nitrogen and oxygen atoms in total. The van der Waals surface area contributed by atoms with Gasteiger partial charge >= 0.3 is 0 Å². The SMILES string of the molecule is COc1ccc2c(c1)C(=CN)C=CC2. The Hall–Kier alpha value is -1.70. The smallest absolute Gasteiger partial charge is 0.119 e. The molecule has 0 atom stereocenters. The van der Waals surface area contributed by atoms with Crippen molar-refractivity contribution >= 4 is 5.57 Å². The Labute approximate surface area is 83.7 Å². The fourth-order valence-electron chi connectivity index (χ4n) is 1.68. The van der Waals surface area contributed by atoms with Crippen molar-refractivity contribution in [2.24, 2.45) is 5.73 Å². The van der Waals surface area contributed by atoms with Crippen LogP contribution in [0.2, 0.25) is 0 Å². The highest BCUT2D eigenvalue weighted by Crippen LogP contribution is 2.28.